The summed E-state index contributed by atoms with van der Waals surface area (Å²) in [6.45, 7) is 8.68. The number of anilines is 1. The summed E-state index contributed by atoms with van der Waals surface area (Å²) < 4.78 is 1.37. The summed E-state index contributed by atoms with van der Waals surface area (Å²) in [5, 5.41) is 6.98. The van der Waals surface area contributed by atoms with Crippen LogP contribution in [0.15, 0.2) is 18.2 Å². The molecular weight excluding hydrogens is 280 g/mol. The van der Waals surface area contributed by atoms with Crippen molar-refractivity contribution in [2.75, 3.05) is 5.32 Å². The van der Waals surface area contributed by atoms with Gasteiger partial charge in [-0.15, -0.1) is 0 Å². The van der Waals surface area contributed by atoms with Gasteiger partial charge in [0.15, 0.2) is 11.8 Å². The van der Waals surface area contributed by atoms with Crippen molar-refractivity contribution in [1.29, 1.82) is 0 Å². The summed E-state index contributed by atoms with van der Waals surface area (Å²) in [7, 11) is 0. The fourth-order valence-electron chi connectivity index (χ4n) is 2.32. The molecule has 0 aliphatic heterocycles. The van der Waals surface area contributed by atoms with Gasteiger partial charge < -0.3 is 5.32 Å². The van der Waals surface area contributed by atoms with E-state index in [1.165, 1.54) is 11.6 Å². The Morgan fingerprint density at radius 1 is 1.18 bits per heavy atom. The van der Waals surface area contributed by atoms with Gasteiger partial charge in [-0.1, -0.05) is 12.1 Å². The number of amides is 1. The number of carbonyl (C=O) groups excluding carboxylic acids is 2. The second kappa shape index (κ2) is 6.09. The Bertz CT molecular complexity index is 734. The molecule has 0 spiro atoms. The van der Waals surface area contributed by atoms with Crippen LogP contribution in [0.4, 0.5) is 5.69 Å². The third kappa shape index (κ3) is 3.21. The number of carbonyl (C=O) groups is 2. The van der Waals surface area contributed by atoms with Gasteiger partial charge >= 0.3 is 0 Å². The quantitative estimate of drug-likeness (QED) is 0.879. The molecule has 2 aromatic rings. The normalized spacial score (nSPS) is 12.0. The highest BCUT2D eigenvalue weighted by molar-refractivity contribution is 6.08. The second-order valence-corrected chi connectivity index (χ2v) is 5.47. The molecule has 0 aliphatic carbocycles. The van der Waals surface area contributed by atoms with E-state index in [1.54, 1.807) is 13.8 Å². The molecule has 6 nitrogen and oxygen atoms in total. The minimum absolute atomic E-state index is 0.282. The van der Waals surface area contributed by atoms with E-state index in [1.807, 2.05) is 32.0 Å². The zero-order valence-electron chi connectivity index (χ0n) is 13.5. The van der Waals surface area contributed by atoms with Crippen molar-refractivity contribution >= 4 is 17.4 Å². The summed E-state index contributed by atoms with van der Waals surface area (Å²) in [4.78, 5) is 28.7. The van der Waals surface area contributed by atoms with Crippen LogP contribution < -0.4 is 5.32 Å². The molecule has 1 atom stereocenters. The summed E-state index contributed by atoms with van der Waals surface area (Å²) in [5.74, 6) is 0.377. The first kappa shape index (κ1) is 15.9. The van der Waals surface area contributed by atoms with Gasteiger partial charge in [-0.05, 0) is 51.8 Å². The van der Waals surface area contributed by atoms with Crippen LogP contribution in [0, 0.1) is 27.7 Å². The van der Waals surface area contributed by atoms with Crippen molar-refractivity contribution in [3.8, 4) is 0 Å². The number of Topliss-reactive ketones (excluding diaryl/α,β-unsaturated/α-hetero) is 1. The summed E-state index contributed by atoms with van der Waals surface area (Å²) in [6, 6.07) is 4.77. The molecule has 0 saturated carbocycles. The average Bonchev–Trinajstić information content (AvgIpc) is 2.72. The molecule has 0 radical (unpaired) electrons. The Balaban J connectivity index is 2.33. The monoisotopic (exact) mass is 300 g/mol. The Kier molecular flexibility index (Phi) is 4.40. The van der Waals surface area contributed by atoms with Crippen LogP contribution in [-0.4, -0.2) is 26.5 Å². The lowest BCUT2D eigenvalue weighted by Crippen LogP contribution is -2.32. The lowest BCUT2D eigenvalue weighted by Gasteiger charge is -2.16. The first-order valence-corrected chi connectivity index (χ1v) is 7.08. The fraction of sp³-hybridized carbons (Fsp3) is 0.375. The molecule has 1 aromatic heterocycles. The largest absolute Gasteiger partial charge is 0.324 e. The Hall–Kier alpha value is -2.50. The minimum Gasteiger partial charge on any atom is -0.324 e. The molecule has 0 aliphatic rings. The fourth-order valence-corrected chi connectivity index (χ4v) is 2.32. The second-order valence-electron chi connectivity index (χ2n) is 5.47. The predicted octanol–water partition coefficient (Wildman–Crippen LogP) is 2.28. The number of nitrogens with one attached hydrogen (secondary N) is 1. The van der Waals surface area contributed by atoms with Crippen LogP contribution in [0.3, 0.4) is 0 Å². The molecule has 0 bridgehead atoms. The topological polar surface area (TPSA) is 76.9 Å². The standard InChI is InChI=1S/C16H20N4O2/c1-9-6-7-10(2)14(8-9)18-16(22)15(11(3)21)20-13(5)17-12(4)19-20/h6-8,15H,1-5H3,(H,18,22). The van der Waals surface area contributed by atoms with Crippen LogP contribution in [0.5, 0.6) is 0 Å². The van der Waals surface area contributed by atoms with Crippen molar-refractivity contribution in [2.24, 2.45) is 0 Å². The van der Waals surface area contributed by atoms with Gasteiger partial charge in [0, 0.05) is 5.69 Å². The highest BCUT2D eigenvalue weighted by atomic mass is 16.2. The van der Waals surface area contributed by atoms with Crippen molar-refractivity contribution in [3.05, 3.63) is 41.0 Å². The van der Waals surface area contributed by atoms with Crippen LogP contribution in [-0.2, 0) is 9.59 Å². The highest BCUT2D eigenvalue weighted by Gasteiger charge is 2.28. The smallest absolute Gasteiger partial charge is 0.257 e. The van der Waals surface area contributed by atoms with Crippen molar-refractivity contribution < 1.29 is 9.59 Å². The van der Waals surface area contributed by atoms with Crippen molar-refractivity contribution in [2.45, 2.75) is 40.7 Å². The lowest BCUT2D eigenvalue weighted by molar-refractivity contribution is -0.129. The minimum atomic E-state index is -1.01. The maximum absolute atomic E-state index is 12.6. The highest BCUT2D eigenvalue weighted by Crippen LogP contribution is 2.19. The zero-order chi connectivity index (χ0) is 16.4. The lowest BCUT2D eigenvalue weighted by atomic mass is 10.1. The van der Waals surface area contributed by atoms with E-state index in [2.05, 4.69) is 15.4 Å². The molecule has 0 fully saturated rings. The van der Waals surface area contributed by atoms with Gasteiger partial charge in [-0.3, -0.25) is 9.59 Å². The van der Waals surface area contributed by atoms with Gasteiger partial charge in [-0.2, -0.15) is 5.10 Å². The van der Waals surface area contributed by atoms with Crippen LogP contribution in [0.2, 0.25) is 0 Å². The van der Waals surface area contributed by atoms with Crippen LogP contribution in [0.25, 0.3) is 0 Å². The van der Waals surface area contributed by atoms with E-state index in [0.29, 0.717) is 17.3 Å². The molecule has 0 saturated heterocycles. The number of benzene rings is 1. The molecule has 116 valence electrons. The van der Waals surface area contributed by atoms with Crippen LogP contribution >= 0.6 is 0 Å². The zero-order valence-corrected chi connectivity index (χ0v) is 13.5. The third-order valence-corrected chi connectivity index (χ3v) is 3.44. The Labute approximate surface area is 129 Å². The summed E-state index contributed by atoms with van der Waals surface area (Å²) >= 11 is 0. The van der Waals surface area contributed by atoms with E-state index >= 15 is 0 Å². The summed E-state index contributed by atoms with van der Waals surface area (Å²) in [5.41, 5.74) is 2.67. The molecule has 1 aromatic carbocycles. The van der Waals surface area contributed by atoms with Crippen LogP contribution in [0.1, 0.15) is 35.7 Å². The van der Waals surface area contributed by atoms with Crippen molar-refractivity contribution in [3.63, 3.8) is 0 Å². The number of hydrogen-bond acceptors (Lipinski definition) is 4. The number of ketones is 1. The number of aryl methyl sites for hydroxylation is 4. The van der Waals surface area contributed by atoms with Gasteiger partial charge in [-0.25, -0.2) is 9.67 Å². The van der Waals surface area contributed by atoms with Crippen molar-refractivity contribution in [1.82, 2.24) is 14.8 Å². The van der Waals surface area contributed by atoms with E-state index in [0.717, 1.165) is 11.1 Å². The van der Waals surface area contributed by atoms with Gasteiger partial charge in [0.05, 0.1) is 0 Å². The molecule has 1 heterocycles. The number of hydrogen-bond donors (Lipinski definition) is 1. The maximum atomic E-state index is 12.6. The van der Waals surface area contributed by atoms with E-state index in [-0.39, 0.29) is 5.78 Å². The van der Waals surface area contributed by atoms with E-state index in [9.17, 15) is 9.59 Å². The molecule has 1 N–H and O–H groups in total. The molecular formula is C16H20N4O2. The number of nitrogens with zero attached hydrogens (tertiary/aromatic N) is 3. The SMILES string of the molecule is CC(=O)C(C(=O)Nc1cc(C)ccc1C)n1nc(C)nc1C. The predicted molar refractivity (Wildman–Crippen MR) is 83.8 cm³/mol. The van der Waals surface area contributed by atoms with Gasteiger partial charge in [0.1, 0.15) is 11.6 Å². The molecule has 6 heteroatoms. The molecule has 1 amide bonds. The van der Waals surface area contributed by atoms with E-state index < -0.39 is 11.9 Å². The van der Waals surface area contributed by atoms with Gasteiger partial charge in [0.25, 0.3) is 5.91 Å². The van der Waals surface area contributed by atoms with E-state index in [4.69, 9.17) is 0 Å². The first-order valence-electron chi connectivity index (χ1n) is 7.08. The molecule has 22 heavy (non-hydrogen) atoms. The maximum Gasteiger partial charge on any atom is 0.257 e. The Morgan fingerprint density at radius 2 is 1.86 bits per heavy atom. The summed E-state index contributed by atoms with van der Waals surface area (Å²) in [6.07, 6.45) is 0. The number of rotatable bonds is 4. The molecule has 2 rings (SSSR count). The third-order valence-electron chi connectivity index (χ3n) is 3.44. The Morgan fingerprint density at radius 3 is 2.41 bits per heavy atom. The van der Waals surface area contributed by atoms with Gasteiger partial charge in [0.2, 0.25) is 0 Å². The average molecular weight is 300 g/mol. The first-order chi connectivity index (χ1) is 10.3. The number of aromatic nitrogens is 3. The molecule has 1 unspecified atom stereocenters.